The highest BCUT2D eigenvalue weighted by molar-refractivity contribution is 7.11. The summed E-state index contributed by atoms with van der Waals surface area (Å²) in [6.45, 7) is 11.6. The fourth-order valence-corrected chi connectivity index (χ4v) is 3.35. The van der Waals surface area contributed by atoms with Gasteiger partial charge in [0.1, 0.15) is 5.01 Å². The van der Waals surface area contributed by atoms with Crippen molar-refractivity contribution in [3.63, 3.8) is 0 Å². The smallest absolute Gasteiger partial charge is 0.115 e. The molecule has 4 nitrogen and oxygen atoms in total. The van der Waals surface area contributed by atoms with Crippen LogP contribution >= 0.6 is 11.3 Å². The van der Waals surface area contributed by atoms with Crippen LogP contribution in [-0.4, -0.2) is 21.3 Å². The van der Waals surface area contributed by atoms with Gasteiger partial charge < -0.3 is 5.32 Å². The molecule has 1 N–H and O–H groups in total. The van der Waals surface area contributed by atoms with Crippen molar-refractivity contribution in [2.45, 2.75) is 53.1 Å². The first-order valence-electron chi connectivity index (χ1n) is 7.30. The van der Waals surface area contributed by atoms with Crippen LogP contribution in [-0.2, 0) is 6.42 Å². The van der Waals surface area contributed by atoms with Crippen LogP contribution in [0.15, 0.2) is 12.4 Å². The Labute approximate surface area is 125 Å². The van der Waals surface area contributed by atoms with Gasteiger partial charge in [0.25, 0.3) is 0 Å². The number of thiazole rings is 1. The van der Waals surface area contributed by atoms with E-state index < -0.39 is 0 Å². The van der Waals surface area contributed by atoms with E-state index in [1.165, 1.54) is 16.1 Å². The fourth-order valence-electron chi connectivity index (χ4n) is 2.24. The minimum absolute atomic E-state index is 0.150. The molecule has 2 heterocycles. The molecule has 0 aliphatic heterocycles. The van der Waals surface area contributed by atoms with Crippen molar-refractivity contribution in [2.75, 3.05) is 6.54 Å². The number of nitrogens with one attached hydrogen (secondary N) is 1. The first-order valence-corrected chi connectivity index (χ1v) is 8.12. The van der Waals surface area contributed by atoms with Gasteiger partial charge in [-0.2, -0.15) is 5.10 Å². The fraction of sp³-hybridized carbons (Fsp3) is 0.600. The van der Waals surface area contributed by atoms with E-state index in [1.807, 2.05) is 10.9 Å². The first-order chi connectivity index (χ1) is 9.56. The summed E-state index contributed by atoms with van der Waals surface area (Å²) in [6, 6.07) is 0.534. The lowest BCUT2D eigenvalue weighted by Crippen LogP contribution is -2.21. The van der Waals surface area contributed by atoms with Crippen LogP contribution in [0.25, 0.3) is 0 Å². The van der Waals surface area contributed by atoms with Gasteiger partial charge in [-0.15, -0.1) is 11.3 Å². The normalized spacial score (nSPS) is 13.1. The van der Waals surface area contributed by atoms with Gasteiger partial charge >= 0.3 is 0 Å². The Kier molecular flexibility index (Phi) is 4.94. The van der Waals surface area contributed by atoms with E-state index in [0.29, 0.717) is 6.04 Å². The first kappa shape index (κ1) is 15.2. The summed E-state index contributed by atoms with van der Waals surface area (Å²) < 4.78 is 2.00. The van der Waals surface area contributed by atoms with Crippen LogP contribution in [0, 0.1) is 6.92 Å². The topological polar surface area (TPSA) is 42.7 Å². The minimum Gasteiger partial charge on any atom is -0.304 e. The second-order valence-corrected chi connectivity index (χ2v) is 6.48. The lowest BCUT2D eigenvalue weighted by atomic mass is 10.1. The maximum Gasteiger partial charge on any atom is 0.115 e. The maximum absolute atomic E-state index is 4.80. The molecule has 0 spiro atoms. The summed E-state index contributed by atoms with van der Waals surface area (Å²) in [7, 11) is 0. The van der Waals surface area contributed by atoms with Gasteiger partial charge in [-0.1, -0.05) is 13.8 Å². The molecule has 2 rings (SSSR count). The largest absolute Gasteiger partial charge is 0.304 e. The quantitative estimate of drug-likeness (QED) is 0.886. The molecule has 0 amide bonds. The van der Waals surface area contributed by atoms with Gasteiger partial charge in [0.15, 0.2) is 0 Å². The molecule has 2 aromatic rings. The number of hydrogen-bond acceptors (Lipinski definition) is 4. The molecule has 1 unspecified atom stereocenters. The van der Waals surface area contributed by atoms with Crippen LogP contribution in [0.2, 0.25) is 0 Å². The molecule has 20 heavy (non-hydrogen) atoms. The van der Waals surface area contributed by atoms with Gasteiger partial charge in [-0.05, 0) is 33.7 Å². The number of hydrogen-bond donors (Lipinski definition) is 1. The molecule has 0 bridgehead atoms. The highest BCUT2D eigenvalue weighted by Gasteiger charge is 2.20. The summed E-state index contributed by atoms with van der Waals surface area (Å²) in [5, 5.41) is 9.12. The van der Waals surface area contributed by atoms with Gasteiger partial charge in [-0.25, -0.2) is 4.98 Å². The minimum atomic E-state index is 0.150. The lowest BCUT2D eigenvalue weighted by Gasteiger charge is -2.13. The van der Waals surface area contributed by atoms with Crippen LogP contribution in [0.1, 0.15) is 60.9 Å². The third-order valence-electron chi connectivity index (χ3n) is 3.38. The van der Waals surface area contributed by atoms with Crippen molar-refractivity contribution in [2.24, 2.45) is 0 Å². The second kappa shape index (κ2) is 6.50. The SMILES string of the molecule is CCNC(c1cnn(C(C)C)c1)c1nc(CC)c(C)s1. The molecule has 5 heteroatoms. The zero-order valence-corrected chi connectivity index (χ0v) is 13.8. The van der Waals surface area contributed by atoms with Crippen LogP contribution in [0.4, 0.5) is 0 Å². The molecule has 0 aromatic carbocycles. The Morgan fingerprint density at radius 3 is 2.60 bits per heavy atom. The number of nitrogens with zero attached hydrogens (tertiary/aromatic N) is 3. The zero-order chi connectivity index (χ0) is 14.7. The molecular weight excluding hydrogens is 268 g/mol. The summed E-state index contributed by atoms with van der Waals surface area (Å²) in [5.74, 6) is 0. The molecule has 0 radical (unpaired) electrons. The maximum atomic E-state index is 4.80. The zero-order valence-electron chi connectivity index (χ0n) is 13.0. The molecular formula is C15H24N4S. The molecule has 0 saturated heterocycles. The summed E-state index contributed by atoms with van der Waals surface area (Å²) >= 11 is 1.79. The molecule has 1 atom stereocenters. The van der Waals surface area contributed by atoms with E-state index in [1.54, 1.807) is 11.3 Å². The van der Waals surface area contributed by atoms with Crippen LogP contribution < -0.4 is 5.32 Å². The average molecular weight is 292 g/mol. The van der Waals surface area contributed by atoms with Gasteiger partial charge in [0.2, 0.25) is 0 Å². The van der Waals surface area contributed by atoms with E-state index in [9.17, 15) is 0 Å². The Hall–Kier alpha value is -1.20. The average Bonchev–Trinajstić information content (AvgIpc) is 3.02. The van der Waals surface area contributed by atoms with Crippen molar-refractivity contribution in [1.29, 1.82) is 0 Å². The van der Waals surface area contributed by atoms with Crippen molar-refractivity contribution in [1.82, 2.24) is 20.1 Å². The van der Waals surface area contributed by atoms with Gasteiger partial charge in [0, 0.05) is 22.7 Å². The third kappa shape index (κ3) is 3.10. The van der Waals surface area contributed by atoms with E-state index in [-0.39, 0.29) is 6.04 Å². The summed E-state index contributed by atoms with van der Waals surface area (Å²) in [6.07, 6.45) is 5.07. The molecule has 0 aliphatic rings. The Balaban J connectivity index is 2.33. The van der Waals surface area contributed by atoms with E-state index in [0.717, 1.165) is 18.0 Å². The third-order valence-corrected chi connectivity index (χ3v) is 4.46. The second-order valence-electron chi connectivity index (χ2n) is 5.25. The Bertz CT molecular complexity index is 556. The Morgan fingerprint density at radius 1 is 1.35 bits per heavy atom. The van der Waals surface area contributed by atoms with E-state index >= 15 is 0 Å². The standard InChI is InChI=1S/C15H24N4S/c1-6-13-11(5)20-15(18-13)14(16-7-2)12-8-17-19(9-12)10(3)4/h8-10,14,16H,6-7H2,1-5H3. The van der Waals surface area contributed by atoms with Gasteiger partial charge in [-0.3, -0.25) is 4.68 Å². The predicted molar refractivity (Wildman–Crippen MR) is 84.4 cm³/mol. The number of rotatable bonds is 6. The Morgan fingerprint density at radius 2 is 2.10 bits per heavy atom. The highest BCUT2D eigenvalue weighted by Crippen LogP contribution is 2.28. The summed E-state index contributed by atoms with van der Waals surface area (Å²) in [4.78, 5) is 6.12. The van der Waals surface area contributed by atoms with E-state index in [4.69, 9.17) is 4.98 Å². The molecule has 0 aliphatic carbocycles. The van der Waals surface area contributed by atoms with Gasteiger partial charge in [0.05, 0.1) is 17.9 Å². The number of aryl methyl sites for hydroxylation is 2. The van der Waals surface area contributed by atoms with Crippen LogP contribution in [0.5, 0.6) is 0 Å². The van der Waals surface area contributed by atoms with E-state index in [2.05, 4.69) is 51.2 Å². The monoisotopic (exact) mass is 292 g/mol. The predicted octanol–water partition coefficient (Wildman–Crippen LogP) is 3.49. The van der Waals surface area contributed by atoms with Crippen molar-refractivity contribution < 1.29 is 0 Å². The molecule has 2 aromatic heterocycles. The molecule has 110 valence electrons. The lowest BCUT2D eigenvalue weighted by molar-refractivity contribution is 0.530. The molecule has 0 saturated carbocycles. The van der Waals surface area contributed by atoms with Crippen molar-refractivity contribution >= 4 is 11.3 Å². The number of aromatic nitrogens is 3. The highest BCUT2D eigenvalue weighted by atomic mass is 32.1. The van der Waals surface area contributed by atoms with Crippen molar-refractivity contribution in [3.05, 3.63) is 33.5 Å². The van der Waals surface area contributed by atoms with Crippen molar-refractivity contribution in [3.8, 4) is 0 Å². The summed E-state index contributed by atoms with van der Waals surface area (Å²) in [5.41, 5.74) is 2.40. The molecule has 0 fully saturated rings. The van der Waals surface area contributed by atoms with Crippen LogP contribution in [0.3, 0.4) is 0 Å².